The van der Waals surface area contributed by atoms with Crippen LogP contribution in [0.1, 0.15) is 0 Å². The zero-order chi connectivity index (χ0) is 13.2. The van der Waals surface area contributed by atoms with E-state index < -0.39 is 5.97 Å². The number of carbonyl (C=O) groups is 1. The highest BCUT2D eigenvalue weighted by molar-refractivity contribution is 5.87. The molecule has 0 radical (unpaired) electrons. The van der Waals surface area contributed by atoms with Gasteiger partial charge in [0, 0.05) is 0 Å². The maximum atomic E-state index is 11.5. The van der Waals surface area contributed by atoms with Crippen molar-refractivity contribution in [2.24, 2.45) is 0 Å². The van der Waals surface area contributed by atoms with Crippen molar-refractivity contribution in [1.82, 2.24) is 0 Å². The molecule has 0 aromatic heterocycles. The zero-order valence-corrected chi connectivity index (χ0v) is 10.0. The molecule has 0 amide bonds. The van der Waals surface area contributed by atoms with Gasteiger partial charge < -0.3 is 19.3 Å². The predicted octanol–water partition coefficient (Wildman–Crippen LogP) is 1.13. The molecule has 0 aliphatic carbocycles. The van der Waals surface area contributed by atoms with E-state index in [9.17, 15) is 4.79 Å². The summed E-state index contributed by atoms with van der Waals surface area (Å²) < 4.78 is 15.0. The highest BCUT2D eigenvalue weighted by Crippen LogP contribution is 2.10. The second-order valence-electron chi connectivity index (χ2n) is 3.31. The monoisotopic (exact) mass is 252 g/mol. The Labute approximate surface area is 106 Å². The molecule has 0 aliphatic rings. The Morgan fingerprint density at radius 2 is 1.89 bits per heavy atom. The molecule has 18 heavy (non-hydrogen) atoms. The number of aliphatic hydroxyl groups is 1. The van der Waals surface area contributed by atoms with Gasteiger partial charge in [0.15, 0.2) is 5.76 Å². The number of hydrogen-bond acceptors (Lipinski definition) is 5. The number of benzene rings is 1. The summed E-state index contributed by atoms with van der Waals surface area (Å²) >= 11 is 0. The molecule has 0 heterocycles. The number of aliphatic hydroxyl groups excluding tert-OH is 1. The maximum Gasteiger partial charge on any atom is 0.378 e. The molecule has 1 rings (SSSR count). The lowest BCUT2D eigenvalue weighted by Crippen LogP contribution is -2.15. The summed E-state index contributed by atoms with van der Waals surface area (Å²) in [5, 5.41) is 8.47. The summed E-state index contributed by atoms with van der Waals surface area (Å²) in [6.45, 7) is 4.12. The van der Waals surface area contributed by atoms with Gasteiger partial charge in [-0.05, 0) is 18.7 Å². The van der Waals surface area contributed by atoms with E-state index in [-0.39, 0.29) is 32.2 Å². The van der Waals surface area contributed by atoms with Gasteiger partial charge in [-0.25, -0.2) is 4.79 Å². The molecule has 5 nitrogen and oxygen atoms in total. The fourth-order valence-corrected chi connectivity index (χ4v) is 1.10. The lowest BCUT2D eigenvalue weighted by molar-refractivity contribution is -0.134. The van der Waals surface area contributed by atoms with Gasteiger partial charge in [-0.3, -0.25) is 0 Å². The molecule has 0 unspecified atom stereocenters. The minimum atomic E-state index is -0.636. The lowest BCUT2D eigenvalue weighted by atomic mass is 10.3. The Hall–Kier alpha value is -1.85. The summed E-state index contributed by atoms with van der Waals surface area (Å²) in [6, 6.07) is 8.66. The summed E-state index contributed by atoms with van der Waals surface area (Å²) in [4.78, 5) is 11.5. The Morgan fingerprint density at radius 3 is 2.56 bits per heavy atom. The molecule has 1 aromatic rings. The molecule has 0 saturated heterocycles. The standard InChI is InChI=1S/C13H16O5/c1-11(17-10-9-16-8-7-14)13(15)18-12-5-3-2-4-6-12/h2-6,14H,1,7-10H2. The normalized spacial score (nSPS) is 9.83. The predicted molar refractivity (Wildman–Crippen MR) is 65.1 cm³/mol. The lowest BCUT2D eigenvalue weighted by Gasteiger charge is -2.08. The van der Waals surface area contributed by atoms with Crippen LogP contribution in [0.25, 0.3) is 0 Å². The molecule has 0 aliphatic heterocycles. The first-order valence-electron chi connectivity index (χ1n) is 5.51. The summed E-state index contributed by atoms with van der Waals surface area (Å²) in [5.41, 5.74) is 0. The minimum absolute atomic E-state index is 0.0446. The summed E-state index contributed by atoms with van der Waals surface area (Å²) in [6.07, 6.45) is 0. The van der Waals surface area contributed by atoms with Crippen LogP contribution < -0.4 is 4.74 Å². The maximum absolute atomic E-state index is 11.5. The van der Waals surface area contributed by atoms with Crippen molar-refractivity contribution >= 4 is 5.97 Å². The Balaban J connectivity index is 2.23. The van der Waals surface area contributed by atoms with Crippen molar-refractivity contribution in [2.75, 3.05) is 26.4 Å². The minimum Gasteiger partial charge on any atom is -0.484 e. The van der Waals surface area contributed by atoms with E-state index in [0.29, 0.717) is 5.75 Å². The molecule has 1 aromatic carbocycles. The third-order valence-corrected chi connectivity index (χ3v) is 1.92. The molecule has 0 fully saturated rings. The molecule has 0 saturated carbocycles. The van der Waals surface area contributed by atoms with Crippen LogP contribution in [0.3, 0.4) is 0 Å². The van der Waals surface area contributed by atoms with Gasteiger partial charge >= 0.3 is 5.97 Å². The number of ether oxygens (including phenoxy) is 3. The fourth-order valence-electron chi connectivity index (χ4n) is 1.10. The third-order valence-electron chi connectivity index (χ3n) is 1.92. The topological polar surface area (TPSA) is 65.0 Å². The fraction of sp³-hybridized carbons (Fsp3) is 0.308. The summed E-state index contributed by atoms with van der Waals surface area (Å²) in [7, 11) is 0. The van der Waals surface area contributed by atoms with Crippen LogP contribution in [-0.4, -0.2) is 37.5 Å². The SMILES string of the molecule is C=C(OCCOCCO)C(=O)Oc1ccccc1. The largest absolute Gasteiger partial charge is 0.484 e. The van der Waals surface area contributed by atoms with Crippen LogP contribution in [0.5, 0.6) is 5.75 Å². The van der Waals surface area contributed by atoms with E-state index in [0.717, 1.165) is 0 Å². The highest BCUT2D eigenvalue weighted by atomic mass is 16.6. The van der Waals surface area contributed by atoms with E-state index in [4.69, 9.17) is 19.3 Å². The smallest absolute Gasteiger partial charge is 0.378 e. The van der Waals surface area contributed by atoms with Gasteiger partial charge in [-0.2, -0.15) is 0 Å². The van der Waals surface area contributed by atoms with Crippen LogP contribution in [0.2, 0.25) is 0 Å². The van der Waals surface area contributed by atoms with Crippen LogP contribution in [0, 0.1) is 0 Å². The van der Waals surface area contributed by atoms with Crippen molar-refractivity contribution < 1.29 is 24.1 Å². The third kappa shape index (κ3) is 5.47. The molecule has 1 N–H and O–H groups in total. The molecular formula is C13H16O5. The van der Waals surface area contributed by atoms with E-state index in [2.05, 4.69) is 6.58 Å². The Bertz CT molecular complexity index is 374. The van der Waals surface area contributed by atoms with E-state index in [1.54, 1.807) is 24.3 Å². The van der Waals surface area contributed by atoms with Crippen molar-refractivity contribution in [3.05, 3.63) is 42.7 Å². The number of esters is 1. The van der Waals surface area contributed by atoms with Gasteiger partial charge in [0.05, 0.1) is 19.8 Å². The second-order valence-corrected chi connectivity index (χ2v) is 3.31. The van der Waals surface area contributed by atoms with E-state index >= 15 is 0 Å². The van der Waals surface area contributed by atoms with Gasteiger partial charge in [0.2, 0.25) is 0 Å². The molecule has 5 heteroatoms. The van der Waals surface area contributed by atoms with Crippen LogP contribution >= 0.6 is 0 Å². The number of para-hydroxylation sites is 1. The van der Waals surface area contributed by atoms with Crippen LogP contribution in [0.15, 0.2) is 42.7 Å². The number of carbonyl (C=O) groups excluding carboxylic acids is 1. The van der Waals surface area contributed by atoms with Crippen molar-refractivity contribution in [2.45, 2.75) is 0 Å². The van der Waals surface area contributed by atoms with E-state index in [1.807, 2.05) is 6.07 Å². The van der Waals surface area contributed by atoms with Gasteiger partial charge in [-0.1, -0.05) is 18.2 Å². The first-order chi connectivity index (χ1) is 8.74. The highest BCUT2D eigenvalue weighted by Gasteiger charge is 2.10. The van der Waals surface area contributed by atoms with Crippen molar-refractivity contribution in [3.8, 4) is 5.75 Å². The number of rotatable bonds is 8. The van der Waals surface area contributed by atoms with Crippen LogP contribution in [-0.2, 0) is 14.3 Å². The van der Waals surface area contributed by atoms with Crippen molar-refractivity contribution in [1.29, 1.82) is 0 Å². The average molecular weight is 252 g/mol. The summed E-state index contributed by atoms with van der Waals surface area (Å²) in [5.74, 6) is -0.279. The zero-order valence-electron chi connectivity index (χ0n) is 10.0. The van der Waals surface area contributed by atoms with Crippen molar-refractivity contribution in [3.63, 3.8) is 0 Å². The molecule has 0 bridgehead atoms. The van der Waals surface area contributed by atoms with Gasteiger partial charge in [-0.15, -0.1) is 0 Å². The van der Waals surface area contributed by atoms with E-state index in [1.165, 1.54) is 0 Å². The van der Waals surface area contributed by atoms with Gasteiger partial charge in [0.25, 0.3) is 0 Å². The molecule has 0 spiro atoms. The molecule has 98 valence electrons. The van der Waals surface area contributed by atoms with Crippen LogP contribution in [0.4, 0.5) is 0 Å². The quantitative estimate of drug-likeness (QED) is 0.247. The first kappa shape index (κ1) is 14.2. The molecule has 0 atom stereocenters. The molecular weight excluding hydrogens is 236 g/mol. The van der Waals surface area contributed by atoms with Gasteiger partial charge in [0.1, 0.15) is 12.4 Å². The Kier molecular flexibility index (Phi) is 6.53. The Morgan fingerprint density at radius 1 is 1.17 bits per heavy atom. The first-order valence-corrected chi connectivity index (χ1v) is 5.51. The average Bonchev–Trinajstić information content (AvgIpc) is 2.39. The second kappa shape index (κ2) is 8.27. The number of hydrogen-bond donors (Lipinski definition) is 1.